The summed E-state index contributed by atoms with van der Waals surface area (Å²) in [5.74, 6) is 0. The zero-order chi connectivity index (χ0) is 12.1. The fourth-order valence-corrected chi connectivity index (χ4v) is 1.75. The second-order valence-electron chi connectivity index (χ2n) is 3.80. The van der Waals surface area contributed by atoms with E-state index in [4.69, 9.17) is 4.74 Å². The lowest BCUT2D eigenvalue weighted by molar-refractivity contribution is 0.152. The highest BCUT2D eigenvalue weighted by Gasteiger charge is 2.00. The van der Waals surface area contributed by atoms with E-state index in [-0.39, 0.29) is 6.09 Å². The number of aromatic nitrogens is 1. The number of aromatic amines is 1. The van der Waals surface area contributed by atoms with E-state index in [2.05, 4.69) is 28.5 Å². The molecule has 4 nitrogen and oxygen atoms in total. The summed E-state index contributed by atoms with van der Waals surface area (Å²) >= 11 is 0. The Labute approximate surface area is 100.0 Å². The van der Waals surface area contributed by atoms with Crippen molar-refractivity contribution in [1.82, 2.24) is 10.3 Å². The van der Waals surface area contributed by atoms with E-state index in [0.29, 0.717) is 13.2 Å². The Bertz CT molecular complexity index is 505. The molecular formula is C13H16N2O2. The molecule has 0 aliphatic heterocycles. The third kappa shape index (κ3) is 3.00. The molecule has 2 N–H and O–H groups in total. The molecule has 0 unspecified atom stereocenters. The second-order valence-corrected chi connectivity index (χ2v) is 3.80. The zero-order valence-corrected chi connectivity index (χ0v) is 9.82. The van der Waals surface area contributed by atoms with Crippen LogP contribution in [0.3, 0.4) is 0 Å². The summed E-state index contributed by atoms with van der Waals surface area (Å²) < 4.78 is 4.78. The summed E-state index contributed by atoms with van der Waals surface area (Å²) in [6, 6.07) is 8.27. The molecule has 1 heterocycles. The van der Waals surface area contributed by atoms with Crippen LogP contribution in [0.4, 0.5) is 4.79 Å². The van der Waals surface area contributed by atoms with Gasteiger partial charge in [0.2, 0.25) is 0 Å². The molecule has 4 heteroatoms. The number of amides is 1. The van der Waals surface area contributed by atoms with Crippen molar-refractivity contribution in [2.75, 3.05) is 13.2 Å². The molecule has 2 aromatic rings. The minimum atomic E-state index is -0.352. The average molecular weight is 232 g/mol. The molecule has 1 aromatic carbocycles. The average Bonchev–Trinajstić information content (AvgIpc) is 2.76. The van der Waals surface area contributed by atoms with Crippen molar-refractivity contribution < 1.29 is 9.53 Å². The number of hydrogen-bond donors (Lipinski definition) is 2. The van der Waals surface area contributed by atoms with Gasteiger partial charge < -0.3 is 15.0 Å². The van der Waals surface area contributed by atoms with E-state index in [0.717, 1.165) is 11.9 Å². The van der Waals surface area contributed by atoms with Crippen LogP contribution in [0.5, 0.6) is 0 Å². The summed E-state index contributed by atoms with van der Waals surface area (Å²) in [4.78, 5) is 14.2. The van der Waals surface area contributed by atoms with Crippen molar-refractivity contribution in [3.63, 3.8) is 0 Å². The van der Waals surface area contributed by atoms with Crippen molar-refractivity contribution in [1.29, 1.82) is 0 Å². The molecule has 0 aliphatic rings. The van der Waals surface area contributed by atoms with Gasteiger partial charge in [0.15, 0.2) is 0 Å². The Morgan fingerprint density at radius 2 is 2.29 bits per heavy atom. The van der Waals surface area contributed by atoms with E-state index < -0.39 is 0 Å². The molecule has 0 aliphatic carbocycles. The van der Waals surface area contributed by atoms with Gasteiger partial charge in [0.1, 0.15) is 0 Å². The summed E-state index contributed by atoms with van der Waals surface area (Å²) in [7, 11) is 0. The fraction of sp³-hybridized carbons (Fsp3) is 0.308. The van der Waals surface area contributed by atoms with E-state index in [1.165, 1.54) is 10.9 Å². The maximum absolute atomic E-state index is 11.1. The molecule has 0 bridgehead atoms. The van der Waals surface area contributed by atoms with E-state index in [1.54, 1.807) is 6.92 Å². The molecule has 17 heavy (non-hydrogen) atoms. The first kappa shape index (κ1) is 11.5. The Morgan fingerprint density at radius 1 is 1.41 bits per heavy atom. The zero-order valence-electron chi connectivity index (χ0n) is 9.82. The van der Waals surface area contributed by atoms with Crippen LogP contribution in [0, 0.1) is 0 Å². The quantitative estimate of drug-likeness (QED) is 0.850. The van der Waals surface area contributed by atoms with Gasteiger partial charge in [-0.25, -0.2) is 4.79 Å². The number of fused-ring (bicyclic) bond motifs is 1. The minimum absolute atomic E-state index is 0.352. The van der Waals surface area contributed by atoms with Crippen LogP contribution in [0.2, 0.25) is 0 Å². The van der Waals surface area contributed by atoms with Crippen LogP contribution in [-0.4, -0.2) is 24.2 Å². The van der Waals surface area contributed by atoms with Crippen LogP contribution in [0.1, 0.15) is 12.5 Å². The lowest BCUT2D eigenvalue weighted by Gasteiger charge is -2.05. The lowest BCUT2D eigenvalue weighted by Crippen LogP contribution is -2.26. The molecule has 0 atom stereocenters. The highest BCUT2D eigenvalue weighted by molar-refractivity contribution is 5.79. The fourth-order valence-electron chi connectivity index (χ4n) is 1.75. The number of nitrogens with one attached hydrogen (secondary N) is 2. The van der Waals surface area contributed by atoms with Crippen molar-refractivity contribution in [2.24, 2.45) is 0 Å². The van der Waals surface area contributed by atoms with Crippen molar-refractivity contribution in [3.8, 4) is 0 Å². The molecule has 0 radical (unpaired) electrons. The van der Waals surface area contributed by atoms with Gasteiger partial charge in [-0.1, -0.05) is 6.07 Å². The van der Waals surface area contributed by atoms with Gasteiger partial charge in [0.25, 0.3) is 0 Å². The Kier molecular flexibility index (Phi) is 3.65. The molecule has 0 spiro atoms. The first-order valence-electron chi connectivity index (χ1n) is 5.76. The van der Waals surface area contributed by atoms with Gasteiger partial charge in [-0.15, -0.1) is 0 Å². The van der Waals surface area contributed by atoms with Crippen LogP contribution < -0.4 is 5.32 Å². The number of carbonyl (C=O) groups excluding carboxylic acids is 1. The van der Waals surface area contributed by atoms with Gasteiger partial charge in [-0.05, 0) is 42.5 Å². The number of hydrogen-bond acceptors (Lipinski definition) is 2. The van der Waals surface area contributed by atoms with Crippen LogP contribution >= 0.6 is 0 Å². The number of H-pyrrole nitrogens is 1. The molecule has 2 rings (SSSR count). The van der Waals surface area contributed by atoms with Crippen molar-refractivity contribution in [3.05, 3.63) is 36.0 Å². The Balaban J connectivity index is 1.88. The lowest BCUT2D eigenvalue weighted by atomic mass is 10.1. The summed E-state index contributed by atoms with van der Waals surface area (Å²) in [5, 5.41) is 3.90. The van der Waals surface area contributed by atoms with Crippen LogP contribution in [-0.2, 0) is 11.2 Å². The van der Waals surface area contributed by atoms with E-state index in [1.807, 2.05) is 12.3 Å². The second kappa shape index (κ2) is 5.39. The monoisotopic (exact) mass is 232 g/mol. The van der Waals surface area contributed by atoms with Crippen LogP contribution in [0.15, 0.2) is 30.5 Å². The largest absolute Gasteiger partial charge is 0.450 e. The summed E-state index contributed by atoms with van der Waals surface area (Å²) in [5.41, 5.74) is 2.33. The van der Waals surface area contributed by atoms with Crippen molar-refractivity contribution in [2.45, 2.75) is 13.3 Å². The third-order valence-electron chi connectivity index (χ3n) is 2.58. The van der Waals surface area contributed by atoms with Gasteiger partial charge in [0, 0.05) is 18.3 Å². The normalized spacial score (nSPS) is 10.4. The highest BCUT2D eigenvalue weighted by Crippen LogP contribution is 2.14. The van der Waals surface area contributed by atoms with Gasteiger partial charge >= 0.3 is 6.09 Å². The van der Waals surface area contributed by atoms with Crippen LogP contribution in [0.25, 0.3) is 10.9 Å². The molecular weight excluding hydrogens is 216 g/mol. The molecule has 1 aromatic heterocycles. The number of alkyl carbamates (subject to hydrolysis) is 1. The van der Waals surface area contributed by atoms with Gasteiger partial charge in [-0.2, -0.15) is 0 Å². The highest BCUT2D eigenvalue weighted by atomic mass is 16.5. The number of ether oxygens (including phenoxy) is 1. The third-order valence-corrected chi connectivity index (χ3v) is 2.58. The smallest absolute Gasteiger partial charge is 0.407 e. The molecule has 90 valence electrons. The maximum atomic E-state index is 11.1. The first-order valence-corrected chi connectivity index (χ1v) is 5.76. The SMILES string of the molecule is CCOC(=O)NCCc1ccc2[nH]ccc2c1. The molecule has 0 fully saturated rings. The number of benzene rings is 1. The summed E-state index contributed by atoms with van der Waals surface area (Å²) in [6.07, 6.45) is 2.38. The molecule has 0 saturated carbocycles. The standard InChI is InChI=1S/C13H16N2O2/c1-2-17-13(16)15-7-5-10-3-4-12-11(9-10)6-8-14-12/h3-4,6,8-9,14H,2,5,7H2,1H3,(H,15,16). The molecule has 0 saturated heterocycles. The number of rotatable bonds is 4. The van der Waals surface area contributed by atoms with E-state index in [9.17, 15) is 4.79 Å². The van der Waals surface area contributed by atoms with E-state index >= 15 is 0 Å². The Hall–Kier alpha value is -1.97. The minimum Gasteiger partial charge on any atom is -0.450 e. The number of carbonyl (C=O) groups is 1. The Morgan fingerprint density at radius 3 is 3.12 bits per heavy atom. The first-order chi connectivity index (χ1) is 8.29. The van der Waals surface area contributed by atoms with Gasteiger partial charge in [-0.3, -0.25) is 0 Å². The van der Waals surface area contributed by atoms with Gasteiger partial charge in [0.05, 0.1) is 6.61 Å². The maximum Gasteiger partial charge on any atom is 0.407 e. The topological polar surface area (TPSA) is 54.1 Å². The summed E-state index contributed by atoms with van der Waals surface area (Å²) in [6.45, 7) is 2.79. The predicted octanol–water partition coefficient (Wildman–Crippen LogP) is 2.46. The predicted molar refractivity (Wildman–Crippen MR) is 67.0 cm³/mol. The van der Waals surface area contributed by atoms with Crippen molar-refractivity contribution >= 4 is 17.0 Å². The molecule has 1 amide bonds.